The molecule has 1 fully saturated rings. The molecule has 1 saturated carbocycles. The molecule has 1 aromatic carbocycles. The smallest absolute Gasteiger partial charge is 0.233 e. The third kappa shape index (κ3) is 6.02. The zero-order valence-corrected chi connectivity index (χ0v) is 19.2. The van der Waals surface area contributed by atoms with E-state index in [-0.39, 0.29) is 24.5 Å². The van der Waals surface area contributed by atoms with E-state index in [1.165, 1.54) is 31.0 Å². The first-order valence-corrected chi connectivity index (χ1v) is 11.9. The van der Waals surface area contributed by atoms with E-state index in [9.17, 15) is 4.79 Å². The van der Waals surface area contributed by atoms with Crippen LogP contribution in [0, 0.1) is 22.7 Å². The molecule has 2 aromatic rings. The number of rotatable bonds is 10. The van der Waals surface area contributed by atoms with Gasteiger partial charge in [-0.3, -0.25) is 9.36 Å². The first-order chi connectivity index (χ1) is 15.7. The summed E-state index contributed by atoms with van der Waals surface area (Å²) in [6.45, 7) is 0.675. The van der Waals surface area contributed by atoms with Crippen LogP contribution in [0.2, 0.25) is 0 Å². The van der Waals surface area contributed by atoms with E-state index >= 15 is 0 Å². The minimum absolute atomic E-state index is 0.0929. The third-order valence-electron chi connectivity index (χ3n) is 5.62. The molecule has 0 aliphatic heterocycles. The van der Waals surface area contributed by atoms with Crippen LogP contribution in [0.25, 0.3) is 11.4 Å². The average molecular weight is 453 g/mol. The molecule has 9 heteroatoms. The van der Waals surface area contributed by atoms with Crippen LogP contribution in [0.5, 0.6) is 5.75 Å². The van der Waals surface area contributed by atoms with Crippen molar-refractivity contribution < 1.29 is 9.53 Å². The molecule has 32 heavy (non-hydrogen) atoms. The Balaban J connectivity index is 1.80. The van der Waals surface area contributed by atoms with E-state index in [1.54, 1.807) is 12.0 Å². The molecule has 0 saturated heterocycles. The van der Waals surface area contributed by atoms with Gasteiger partial charge in [0.15, 0.2) is 11.0 Å². The second-order valence-electron chi connectivity index (χ2n) is 7.68. The summed E-state index contributed by atoms with van der Waals surface area (Å²) in [5.74, 6) is 1.70. The molecule has 0 radical (unpaired) electrons. The predicted molar refractivity (Wildman–Crippen MR) is 122 cm³/mol. The van der Waals surface area contributed by atoms with Crippen molar-refractivity contribution in [3.8, 4) is 29.3 Å². The van der Waals surface area contributed by atoms with Gasteiger partial charge in [-0.25, -0.2) is 0 Å². The van der Waals surface area contributed by atoms with Gasteiger partial charge in [-0.2, -0.15) is 10.5 Å². The van der Waals surface area contributed by atoms with Crippen LogP contribution in [0.4, 0.5) is 0 Å². The maximum absolute atomic E-state index is 12.8. The Morgan fingerprint density at radius 1 is 1.12 bits per heavy atom. The predicted octanol–water partition coefficient (Wildman–Crippen LogP) is 4.21. The Hall–Kier alpha value is -3.04. The molecule has 0 bridgehead atoms. The van der Waals surface area contributed by atoms with Crippen LogP contribution in [0.15, 0.2) is 29.4 Å². The number of nitriles is 2. The number of hydrogen-bond acceptors (Lipinski definition) is 7. The Kier molecular flexibility index (Phi) is 8.94. The quantitative estimate of drug-likeness (QED) is 0.497. The van der Waals surface area contributed by atoms with Crippen molar-refractivity contribution in [3.05, 3.63) is 24.3 Å². The Morgan fingerprint density at radius 3 is 2.38 bits per heavy atom. The number of aromatic nitrogens is 3. The normalized spacial score (nSPS) is 13.8. The fourth-order valence-electron chi connectivity index (χ4n) is 3.93. The largest absolute Gasteiger partial charge is 0.497 e. The van der Waals surface area contributed by atoms with Gasteiger partial charge >= 0.3 is 0 Å². The van der Waals surface area contributed by atoms with Gasteiger partial charge in [-0.05, 0) is 37.1 Å². The number of thioether (sulfide) groups is 1. The topological polar surface area (TPSA) is 108 Å². The van der Waals surface area contributed by atoms with E-state index in [4.69, 9.17) is 15.3 Å². The van der Waals surface area contributed by atoms with Gasteiger partial charge in [0.2, 0.25) is 5.91 Å². The Morgan fingerprint density at radius 2 is 1.78 bits per heavy atom. The SMILES string of the molecule is COc1ccc(-c2nnc(SCC(=O)N(CCC#N)CCC#N)n2C2CCCCC2)cc1. The molecule has 0 N–H and O–H groups in total. The number of benzene rings is 1. The second kappa shape index (κ2) is 12.1. The summed E-state index contributed by atoms with van der Waals surface area (Å²) in [4.78, 5) is 14.4. The highest BCUT2D eigenvalue weighted by Crippen LogP contribution is 2.36. The minimum Gasteiger partial charge on any atom is -0.497 e. The summed E-state index contributed by atoms with van der Waals surface area (Å²) in [7, 11) is 1.64. The van der Waals surface area contributed by atoms with Crippen molar-refractivity contribution >= 4 is 17.7 Å². The molecule has 1 aliphatic carbocycles. The summed E-state index contributed by atoms with van der Waals surface area (Å²) in [5.41, 5.74) is 0.965. The van der Waals surface area contributed by atoms with E-state index in [2.05, 4.69) is 26.9 Å². The molecule has 168 valence electrons. The molecular formula is C23H28N6O2S. The maximum atomic E-state index is 12.8. The van der Waals surface area contributed by atoms with Crippen molar-refractivity contribution in [2.24, 2.45) is 0 Å². The highest BCUT2D eigenvalue weighted by molar-refractivity contribution is 7.99. The lowest BCUT2D eigenvalue weighted by molar-refractivity contribution is -0.128. The molecule has 8 nitrogen and oxygen atoms in total. The first-order valence-electron chi connectivity index (χ1n) is 10.9. The van der Waals surface area contributed by atoms with Crippen LogP contribution < -0.4 is 4.74 Å². The van der Waals surface area contributed by atoms with E-state index in [0.717, 1.165) is 35.1 Å². The minimum atomic E-state index is -0.0929. The van der Waals surface area contributed by atoms with Crippen molar-refractivity contribution in [2.45, 2.75) is 56.1 Å². The number of methoxy groups -OCH3 is 1. The second-order valence-corrected chi connectivity index (χ2v) is 8.62. The molecule has 1 aromatic heterocycles. The molecule has 1 heterocycles. The van der Waals surface area contributed by atoms with Gasteiger partial charge in [0.25, 0.3) is 0 Å². The summed E-state index contributed by atoms with van der Waals surface area (Å²) in [6.07, 6.45) is 6.22. The molecule has 1 amide bonds. The Bertz CT molecular complexity index is 952. The van der Waals surface area contributed by atoms with Crippen molar-refractivity contribution in [1.29, 1.82) is 10.5 Å². The number of nitrogens with zero attached hydrogens (tertiary/aromatic N) is 6. The number of hydrogen-bond donors (Lipinski definition) is 0. The van der Waals surface area contributed by atoms with Crippen molar-refractivity contribution in [2.75, 3.05) is 26.0 Å². The fourth-order valence-corrected chi connectivity index (χ4v) is 4.84. The van der Waals surface area contributed by atoms with E-state index in [0.29, 0.717) is 19.1 Å². The monoisotopic (exact) mass is 452 g/mol. The van der Waals surface area contributed by atoms with Crippen LogP contribution >= 0.6 is 11.8 Å². The Labute approximate surface area is 193 Å². The van der Waals surface area contributed by atoms with Crippen LogP contribution in [-0.2, 0) is 4.79 Å². The lowest BCUT2D eigenvalue weighted by atomic mass is 9.95. The summed E-state index contributed by atoms with van der Waals surface area (Å²) in [6, 6.07) is 12.2. The molecule has 0 atom stereocenters. The lowest BCUT2D eigenvalue weighted by Gasteiger charge is -2.26. The van der Waals surface area contributed by atoms with Gasteiger partial charge in [0.1, 0.15) is 5.75 Å². The highest BCUT2D eigenvalue weighted by Gasteiger charge is 2.25. The number of carbonyl (C=O) groups is 1. The summed E-state index contributed by atoms with van der Waals surface area (Å²) >= 11 is 1.37. The molecule has 0 unspecified atom stereocenters. The number of amides is 1. The summed E-state index contributed by atoms with van der Waals surface area (Å²) in [5, 5.41) is 27.4. The number of ether oxygens (including phenoxy) is 1. The van der Waals surface area contributed by atoms with Crippen molar-refractivity contribution in [1.82, 2.24) is 19.7 Å². The molecule has 3 rings (SSSR count). The van der Waals surface area contributed by atoms with Gasteiger partial charge in [0, 0.05) is 24.7 Å². The van der Waals surface area contributed by atoms with Crippen LogP contribution in [-0.4, -0.2) is 51.5 Å². The van der Waals surface area contributed by atoms with Gasteiger partial charge in [0.05, 0.1) is 37.8 Å². The van der Waals surface area contributed by atoms with Gasteiger partial charge in [-0.1, -0.05) is 31.0 Å². The lowest BCUT2D eigenvalue weighted by Crippen LogP contribution is -2.34. The maximum Gasteiger partial charge on any atom is 0.233 e. The first kappa shape index (κ1) is 23.6. The zero-order valence-electron chi connectivity index (χ0n) is 18.4. The van der Waals surface area contributed by atoms with Gasteiger partial charge in [-0.15, -0.1) is 10.2 Å². The summed E-state index contributed by atoms with van der Waals surface area (Å²) < 4.78 is 7.46. The third-order valence-corrected chi connectivity index (χ3v) is 6.54. The standard InChI is InChI=1S/C23H28N6O2S/c1-31-20-11-9-18(10-12-20)22-26-27-23(29(22)19-7-3-2-4-8-19)32-17-21(30)28(15-5-13-24)16-6-14-25/h9-12,19H,2-8,15-17H2,1H3. The molecular weight excluding hydrogens is 424 g/mol. The van der Waals surface area contributed by atoms with E-state index < -0.39 is 0 Å². The number of carbonyl (C=O) groups excluding carboxylic acids is 1. The highest BCUT2D eigenvalue weighted by atomic mass is 32.2. The van der Waals surface area contributed by atoms with Crippen LogP contribution in [0.1, 0.15) is 51.0 Å². The molecule has 0 spiro atoms. The zero-order chi connectivity index (χ0) is 22.8. The average Bonchev–Trinajstić information content (AvgIpc) is 3.27. The fraction of sp³-hybridized carbons (Fsp3) is 0.522. The molecule has 1 aliphatic rings. The van der Waals surface area contributed by atoms with Crippen LogP contribution in [0.3, 0.4) is 0 Å². The van der Waals surface area contributed by atoms with Crippen molar-refractivity contribution in [3.63, 3.8) is 0 Å². The van der Waals surface area contributed by atoms with E-state index in [1.807, 2.05) is 24.3 Å². The van der Waals surface area contributed by atoms with Gasteiger partial charge < -0.3 is 9.64 Å².